The van der Waals surface area contributed by atoms with Crippen LogP contribution in [0.2, 0.25) is 0 Å². The Morgan fingerprint density at radius 1 is 1.50 bits per heavy atom. The largest absolute Gasteiger partial charge is 0.393 e. The molecule has 2 rings (SSSR count). The molecule has 3 atom stereocenters. The first kappa shape index (κ1) is 17.4. The lowest BCUT2D eigenvalue weighted by molar-refractivity contribution is -0.125. The topological polar surface area (TPSA) is 52.6 Å². The molecular weight excluding hydrogens is 296 g/mol. The van der Waals surface area contributed by atoms with E-state index in [0.29, 0.717) is 12.5 Å². The molecule has 3 unspecified atom stereocenters. The molecule has 1 heterocycles. The standard InChI is InChI=1S/C17H28N2O2S/c1-13(17(21)18-10-9-15-7-5-11-22-15)19(2)12-14-6-3-4-8-16(14)20/h5,7,11,13-14,16,20H,3-4,6,8-10,12H2,1-2H3,(H,18,21). The molecule has 1 saturated carbocycles. The fourth-order valence-electron chi connectivity index (χ4n) is 3.04. The van der Waals surface area contributed by atoms with E-state index in [1.807, 2.05) is 20.0 Å². The third kappa shape index (κ3) is 5.07. The summed E-state index contributed by atoms with van der Waals surface area (Å²) in [5.41, 5.74) is 0. The van der Waals surface area contributed by atoms with Crippen molar-refractivity contribution >= 4 is 17.2 Å². The summed E-state index contributed by atoms with van der Waals surface area (Å²) in [5, 5.41) is 15.1. The number of hydrogen-bond acceptors (Lipinski definition) is 4. The van der Waals surface area contributed by atoms with Crippen LogP contribution in [-0.4, -0.2) is 48.2 Å². The van der Waals surface area contributed by atoms with Gasteiger partial charge in [0.15, 0.2) is 0 Å². The van der Waals surface area contributed by atoms with Crippen molar-refractivity contribution in [3.05, 3.63) is 22.4 Å². The van der Waals surface area contributed by atoms with E-state index in [9.17, 15) is 9.90 Å². The molecular formula is C17H28N2O2S. The highest BCUT2D eigenvalue weighted by molar-refractivity contribution is 7.09. The van der Waals surface area contributed by atoms with Gasteiger partial charge < -0.3 is 10.4 Å². The Balaban J connectivity index is 1.71. The Bertz CT molecular complexity index is 450. The van der Waals surface area contributed by atoms with Crippen molar-refractivity contribution in [1.29, 1.82) is 0 Å². The summed E-state index contributed by atoms with van der Waals surface area (Å²) >= 11 is 1.72. The second-order valence-corrected chi connectivity index (χ2v) is 7.38. The number of carbonyl (C=O) groups is 1. The summed E-state index contributed by atoms with van der Waals surface area (Å²) in [6.45, 7) is 3.42. The monoisotopic (exact) mass is 324 g/mol. The van der Waals surface area contributed by atoms with Gasteiger partial charge in [0.25, 0.3) is 0 Å². The average molecular weight is 324 g/mol. The molecule has 5 heteroatoms. The minimum atomic E-state index is -0.203. The van der Waals surface area contributed by atoms with Crippen LogP contribution in [0.25, 0.3) is 0 Å². The Morgan fingerprint density at radius 3 is 2.95 bits per heavy atom. The van der Waals surface area contributed by atoms with Gasteiger partial charge in [-0.3, -0.25) is 9.69 Å². The first-order valence-corrected chi connectivity index (χ1v) is 9.14. The van der Waals surface area contributed by atoms with Crippen LogP contribution >= 0.6 is 11.3 Å². The molecule has 0 aromatic carbocycles. The van der Waals surface area contributed by atoms with Crippen LogP contribution in [0.5, 0.6) is 0 Å². The zero-order valence-corrected chi connectivity index (χ0v) is 14.4. The van der Waals surface area contributed by atoms with Crippen LogP contribution in [-0.2, 0) is 11.2 Å². The predicted octanol–water partition coefficient (Wildman–Crippen LogP) is 2.28. The van der Waals surface area contributed by atoms with Gasteiger partial charge in [0, 0.05) is 18.0 Å². The molecule has 0 spiro atoms. The van der Waals surface area contributed by atoms with Crippen LogP contribution in [0.1, 0.15) is 37.5 Å². The lowest BCUT2D eigenvalue weighted by Crippen LogP contribution is -2.47. The van der Waals surface area contributed by atoms with Crippen molar-refractivity contribution in [3.63, 3.8) is 0 Å². The van der Waals surface area contributed by atoms with Gasteiger partial charge in [-0.05, 0) is 50.6 Å². The number of amides is 1. The number of hydrogen-bond donors (Lipinski definition) is 2. The molecule has 1 aromatic heterocycles. The van der Waals surface area contributed by atoms with Crippen molar-refractivity contribution in [2.45, 2.75) is 51.2 Å². The molecule has 22 heavy (non-hydrogen) atoms. The van der Waals surface area contributed by atoms with E-state index in [-0.39, 0.29) is 18.1 Å². The van der Waals surface area contributed by atoms with E-state index in [1.54, 1.807) is 11.3 Å². The van der Waals surface area contributed by atoms with E-state index in [2.05, 4.69) is 21.7 Å². The van der Waals surface area contributed by atoms with Crippen LogP contribution < -0.4 is 5.32 Å². The normalized spacial score (nSPS) is 23.5. The van der Waals surface area contributed by atoms with Crippen LogP contribution in [0.3, 0.4) is 0 Å². The minimum absolute atomic E-state index is 0.0735. The third-order valence-corrected chi connectivity index (χ3v) is 5.62. The second kappa shape index (κ2) is 8.65. The molecule has 0 saturated heterocycles. The minimum Gasteiger partial charge on any atom is -0.393 e. The van der Waals surface area contributed by atoms with Gasteiger partial charge in [-0.2, -0.15) is 0 Å². The summed E-state index contributed by atoms with van der Waals surface area (Å²) in [7, 11) is 1.98. The fraction of sp³-hybridized carbons (Fsp3) is 0.706. The predicted molar refractivity (Wildman–Crippen MR) is 91.1 cm³/mol. The number of aliphatic hydroxyl groups excluding tert-OH is 1. The molecule has 1 fully saturated rings. The van der Waals surface area contributed by atoms with Crippen molar-refractivity contribution in [3.8, 4) is 0 Å². The van der Waals surface area contributed by atoms with Gasteiger partial charge in [-0.1, -0.05) is 18.9 Å². The van der Waals surface area contributed by atoms with E-state index in [4.69, 9.17) is 0 Å². The Hall–Kier alpha value is -0.910. The zero-order chi connectivity index (χ0) is 15.9. The molecule has 1 amide bonds. The number of likely N-dealkylation sites (N-methyl/N-ethyl adjacent to an activating group) is 1. The summed E-state index contributed by atoms with van der Waals surface area (Å²) < 4.78 is 0. The number of nitrogens with one attached hydrogen (secondary N) is 1. The maximum atomic E-state index is 12.2. The summed E-state index contributed by atoms with van der Waals surface area (Å²) in [5.74, 6) is 0.379. The van der Waals surface area contributed by atoms with Gasteiger partial charge in [-0.15, -0.1) is 11.3 Å². The number of aliphatic hydroxyl groups is 1. The molecule has 1 aliphatic carbocycles. The Kier molecular flexibility index (Phi) is 6.86. The molecule has 0 radical (unpaired) electrons. The lowest BCUT2D eigenvalue weighted by atomic mass is 9.86. The number of carbonyl (C=O) groups excluding carboxylic acids is 1. The molecule has 2 N–H and O–H groups in total. The van der Waals surface area contributed by atoms with Crippen molar-refractivity contribution in [1.82, 2.24) is 10.2 Å². The van der Waals surface area contributed by atoms with Crippen molar-refractivity contribution in [2.75, 3.05) is 20.1 Å². The quantitative estimate of drug-likeness (QED) is 0.809. The first-order chi connectivity index (χ1) is 10.6. The summed E-state index contributed by atoms with van der Waals surface area (Å²) in [6, 6.07) is 3.97. The third-order valence-electron chi connectivity index (χ3n) is 4.68. The maximum absolute atomic E-state index is 12.2. The first-order valence-electron chi connectivity index (χ1n) is 8.26. The Labute approximate surface area is 137 Å². The van der Waals surface area contributed by atoms with Crippen LogP contribution in [0, 0.1) is 5.92 Å². The van der Waals surface area contributed by atoms with Crippen LogP contribution in [0.4, 0.5) is 0 Å². The van der Waals surface area contributed by atoms with Gasteiger partial charge in [-0.25, -0.2) is 0 Å². The van der Waals surface area contributed by atoms with E-state index >= 15 is 0 Å². The van der Waals surface area contributed by atoms with Crippen molar-refractivity contribution in [2.24, 2.45) is 5.92 Å². The second-order valence-electron chi connectivity index (χ2n) is 6.35. The molecule has 0 bridgehead atoms. The summed E-state index contributed by atoms with van der Waals surface area (Å²) in [4.78, 5) is 15.6. The molecule has 124 valence electrons. The highest BCUT2D eigenvalue weighted by atomic mass is 32.1. The molecule has 0 aliphatic heterocycles. The van der Waals surface area contributed by atoms with E-state index in [1.165, 1.54) is 11.3 Å². The maximum Gasteiger partial charge on any atom is 0.237 e. The van der Waals surface area contributed by atoms with E-state index < -0.39 is 0 Å². The number of thiophene rings is 1. The Morgan fingerprint density at radius 2 is 2.27 bits per heavy atom. The van der Waals surface area contributed by atoms with Crippen molar-refractivity contribution < 1.29 is 9.90 Å². The zero-order valence-electron chi connectivity index (χ0n) is 13.6. The SMILES string of the molecule is CC(C(=O)NCCc1cccs1)N(C)CC1CCCCC1O. The number of nitrogens with zero attached hydrogens (tertiary/aromatic N) is 1. The lowest BCUT2D eigenvalue weighted by Gasteiger charge is -2.33. The van der Waals surface area contributed by atoms with E-state index in [0.717, 1.165) is 32.2 Å². The molecule has 1 aliphatic rings. The van der Waals surface area contributed by atoms with Gasteiger partial charge in [0.05, 0.1) is 12.1 Å². The highest BCUT2D eigenvalue weighted by Crippen LogP contribution is 2.25. The number of rotatable bonds is 7. The summed E-state index contributed by atoms with van der Waals surface area (Å²) in [6.07, 6.45) is 4.97. The highest BCUT2D eigenvalue weighted by Gasteiger charge is 2.27. The van der Waals surface area contributed by atoms with Gasteiger partial charge >= 0.3 is 0 Å². The van der Waals surface area contributed by atoms with Gasteiger partial charge in [0.2, 0.25) is 5.91 Å². The van der Waals surface area contributed by atoms with Crippen LogP contribution in [0.15, 0.2) is 17.5 Å². The molecule has 4 nitrogen and oxygen atoms in total. The smallest absolute Gasteiger partial charge is 0.237 e. The average Bonchev–Trinajstić information content (AvgIpc) is 3.02. The fourth-order valence-corrected chi connectivity index (χ4v) is 3.75. The molecule has 1 aromatic rings. The van der Waals surface area contributed by atoms with Gasteiger partial charge in [0.1, 0.15) is 0 Å².